The minimum absolute atomic E-state index is 0.137. The molecular formula is C18H17N3OS. The van der Waals surface area contributed by atoms with E-state index in [0.717, 1.165) is 11.4 Å². The van der Waals surface area contributed by atoms with E-state index in [0.29, 0.717) is 10.7 Å². The van der Waals surface area contributed by atoms with Crippen LogP contribution in [0.3, 0.4) is 0 Å². The van der Waals surface area contributed by atoms with Crippen molar-refractivity contribution in [3.63, 3.8) is 0 Å². The minimum atomic E-state index is -0.137. The number of aryl methyl sites for hydroxylation is 2. The second kappa shape index (κ2) is 6.62. The summed E-state index contributed by atoms with van der Waals surface area (Å²) < 4.78 is 0. The Bertz CT molecular complexity index is 811. The van der Waals surface area contributed by atoms with Crippen LogP contribution < -0.4 is 10.6 Å². The summed E-state index contributed by atoms with van der Waals surface area (Å²) in [6, 6.07) is 13.5. The quantitative estimate of drug-likeness (QED) is 0.728. The number of benzene rings is 1. The van der Waals surface area contributed by atoms with E-state index in [2.05, 4.69) is 41.6 Å². The summed E-state index contributed by atoms with van der Waals surface area (Å²) in [6.07, 6.45) is 1.71. The van der Waals surface area contributed by atoms with E-state index in [-0.39, 0.29) is 5.91 Å². The summed E-state index contributed by atoms with van der Waals surface area (Å²) in [6.45, 7) is 4.17. The number of nitrogens with one attached hydrogen (secondary N) is 2. The van der Waals surface area contributed by atoms with Crippen LogP contribution in [-0.4, -0.2) is 10.9 Å². The Labute approximate surface area is 139 Å². The number of hydrogen-bond acceptors (Lipinski definition) is 4. The maximum Gasteiger partial charge on any atom is 0.266 e. The third-order valence-electron chi connectivity index (χ3n) is 3.55. The number of carbonyl (C=O) groups excluding carboxylic acids is 1. The average Bonchev–Trinajstić information content (AvgIpc) is 3.07. The fourth-order valence-electron chi connectivity index (χ4n) is 2.11. The number of pyridine rings is 1. The van der Waals surface area contributed by atoms with Gasteiger partial charge in [0.2, 0.25) is 0 Å². The van der Waals surface area contributed by atoms with Crippen LogP contribution >= 0.6 is 11.3 Å². The molecule has 0 bridgehead atoms. The van der Waals surface area contributed by atoms with E-state index < -0.39 is 0 Å². The first-order chi connectivity index (χ1) is 11.1. The molecule has 0 saturated carbocycles. The zero-order chi connectivity index (χ0) is 16.2. The van der Waals surface area contributed by atoms with Crippen molar-refractivity contribution in [2.24, 2.45) is 0 Å². The summed E-state index contributed by atoms with van der Waals surface area (Å²) in [7, 11) is 0. The highest BCUT2D eigenvalue weighted by Gasteiger charge is 2.07. The molecule has 3 rings (SSSR count). The smallest absolute Gasteiger partial charge is 0.266 e. The molecular weight excluding hydrogens is 306 g/mol. The van der Waals surface area contributed by atoms with Gasteiger partial charge in [-0.3, -0.25) is 4.79 Å². The van der Waals surface area contributed by atoms with Gasteiger partial charge in [0, 0.05) is 5.69 Å². The first-order valence-electron chi connectivity index (χ1n) is 7.27. The fourth-order valence-corrected chi connectivity index (χ4v) is 2.73. The van der Waals surface area contributed by atoms with Crippen molar-refractivity contribution in [3.05, 3.63) is 70.0 Å². The second-order valence-corrected chi connectivity index (χ2v) is 6.24. The second-order valence-electron chi connectivity index (χ2n) is 5.29. The van der Waals surface area contributed by atoms with Crippen molar-refractivity contribution < 1.29 is 4.79 Å². The molecule has 1 amide bonds. The number of rotatable bonds is 4. The van der Waals surface area contributed by atoms with E-state index in [1.807, 2.05) is 23.6 Å². The van der Waals surface area contributed by atoms with Crippen LogP contribution in [0.5, 0.6) is 0 Å². The van der Waals surface area contributed by atoms with Crippen molar-refractivity contribution in [2.45, 2.75) is 13.8 Å². The molecule has 0 spiro atoms. The van der Waals surface area contributed by atoms with Crippen molar-refractivity contribution in [1.82, 2.24) is 4.98 Å². The minimum Gasteiger partial charge on any atom is -0.354 e. The van der Waals surface area contributed by atoms with Gasteiger partial charge < -0.3 is 10.6 Å². The summed E-state index contributed by atoms with van der Waals surface area (Å²) in [5.41, 5.74) is 4.40. The van der Waals surface area contributed by atoms with Crippen LogP contribution in [0.4, 0.5) is 17.2 Å². The molecule has 116 valence electrons. The first kappa shape index (κ1) is 15.2. The Morgan fingerprint density at radius 3 is 2.52 bits per heavy atom. The van der Waals surface area contributed by atoms with Crippen LogP contribution in [0.15, 0.2) is 54.0 Å². The molecule has 0 aliphatic carbocycles. The molecule has 2 aromatic heterocycles. The highest BCUT2D eigenvalue weighted by molar-refractivity contribution is 7.12. The average molecular weight is 323 g/mol. The monoisotopic (exact) mass is 323 g/mol. The van der Waals surface area contributed by atoms with Gasteiger partial charge in [-0.1, -0.05) is 12.1 Å². The summed E-state index contributed by atoms with van der Waals surface area (Å²) in [5, 5.41) is 7.97. The van der Waals surface area contributed by atoms with Crippen LogP contribution in [0, 0.1) is 13.8 Å². The molecule has 0 fully saturated rings. The Balaban J connectivity index is 1.67. The lowest BCUT2D eigenvalue weighted by atomic mass is 10.1. The summed E-state index contributed by atoms with van der Waals surface area (Å²) >= 11 is 1.41. The van der Waals surface area contributed by atoms with Gasteiger partial charge in [0.05, 0.1) is 16.8 Å². The third-order valence-corrected chi connectivity index (χ3v) is 4.41. The van der Waals surface area contributed by atoms with Crippen molar-refractivity contribution in [2.75, 3.05) is 10.6 Å². The van der Waals surface area contributed by atoms with E-state index in [4.69, 9.17) is 0 Å². The van der Waals surface area contributed by atoms with E-state index in [1.54, 1.807) is 18.3 Å². The SMILES string of the molecule is Cc1ccc(Nc2ccc(NC(=O)c3cccs3)nc2)cc1C. The van der Waals surface area contributed by atoms with Gasteiger partial charge in [0.1, 0.15) is 5.82 Å². The van der Waals surface area contributed by atoms with Gasteiger partial charge in [-0.05, 0) is 60.7 Å². The van der Waals surface area contributed by atoms with Gasteiger partial charge in [0.25, 0.3) is 5.91 Å². The van der Waals surface area contributed by atoms with Gasteiger partial charge in [-0.25, -0.2) is 4.98 Å². The van der Waals surface area contributed by atoms with Gasteiger partial charge >= 0.3 is 0 Å². The molecule has 0 radical (unpaired) electrons. The van der Waals surface area contributed by atoms with Crippen LogP contribution in [-0.2, 0) is 0 Å². The Morgan fingerprint density at radius 1 is 1.04 bits per heavy atom. The van der Waals surface area contributed by atoms with E-state index in [9.17, 15) is 4.79 Å². The number of hydrogen-bond donors (Lipinski definition) is 2. The highest BCUT2D eigenvalue weighted by Crippen LogP contribution is 2.20. The molecule has 0 saturated heterocycles. The molecule has 1 aromatic carbocycles. The number of thiophene rings is 1. The van der Waals surface area contributed by atoms with Gasteiger partial charge in [-0.15, -0.1) is 11.3 Å². The molecule has 5 heteroatoms. The predicted molar refractivity (Wildman–Crippen MR) is 95.7 cm³/mol. The standard InChI is InChI=1S/C18H17N3OS/c1-12-5-6-14(10-13(12)2)20-15-7-8-17(19-11-15)21-18(22)16-4-3-9-23-16/h3-11,20H,1-2H3,(H,19,21,22). The number of carbonyl (C=O) groups is 1. The molecule has 4 nitrogen and oxygen atoms in total. The number of anilines is 3. The number of nitrogens with zero attached hydrogens (tertiary/aromatic N) is 1. The van der Waals surface area contributed by atoms with Crippen LogP contribution in [0.2, 0.25) is 0 Å². The molecule has 23 heavy (non-hydrogen) atoms. The maximum absolute atomic E-state index is 12.0. The fraction of sp³-hybridized carbons (Fsp3) is 0.111. The normalized spacial score (nSPS) is 10.3. The molecule has 0 aliphatic heterocycles. The van der Waals surface area contributed by atoms with E-state index in [1.165, 1.54) is 22.5 Å². The Morgan fingerprint density at radius 2 is 1.87 bits per heavy atom. The number of amides is 1. The molecule has 0 aliphatic rings. The molecule has 0 unspecified atom stereocenters. The lowest BCUT2D eigenvalue weighted by Gasteiger charge is -2.09. The van der Waals surface area contributed by atoms with Crippen molar-refractivity contribution >= 4 is 34.4 Å². The van der Waals surface area contributed by atoms with Crippen molar-refractivity contribution in [3.8, 4) is 0 Å². The van der Waals surface area contributed by atoms with Crippen molar-refractivity contribution in [1.29, 1.82) is 0 Å². The first-order valence-corrected chi connectivity index (χ1v) is 8.15. The van der Waals surface area contributed by atoms with E-state index >= 15 is 0 Å². The Kier molecular flexibility index (Phi) is 4.39. The maximum atomic E-state index is 12.0. The van der Waals surface area contributed by atoms with Crippen LogP contribution in [0.25, 0.3) is 0 Å². The summed E-state index contributed by atoms with van der Waals surface area (Å²) in [5.74, 6) is 0.399. The largest absolute Gasteiger partial charge is 0.354 e. The topological polar surface area (TPSA) is 54.0 Å². The molecule has 2 N–H and O–H groups in total. The van der Waals surface area contributed by atoms with Gasteiger partial charge in [0.15, 0.2) is 0 Å². The van der Waals surface area contributed by atoms with Gasteiger partial charge in [-0.2, -0.15) is 0 Å². The lowest BCUT2D eigenvalue weighted by molar-refractivity contribution is 0.103. The molecule has 3 aromatic rings. The summed E-state index contributed by atoms with van der Waals surface area (Å²) in [4.78, 5) is 16.9. The molecule has 0 atom stereocenters. The predicted octanol–water partition coefficient (Wildman–Crippen LogP) is 4.76. The highest BCUT2D eigenvalue weighted by atomic mass is 32.1. The lowest BCUT2D eigenvalue weighted by Crippen LogP contribution is -2.11. The van der Waals surface area contributed by atoms with Crippen LogP contribution in [0.1, 0.15) is 20.8 Å². The molecule has 2 heterocycles. The zero-order valence-electron chi connectivity index (χ0n) is 13.0. The third kappa shape index (κ3) is 3.76. The zero-order valence-corrected chi connectivity index (χ0v) is 13.8. The Hall–Kier alpha value is -2.66. The number of aromatic nitrogens is 1.